The molecule has 0 radical (unpaired) electrons. The second-order valence-corrected chi connectivity index (χ2v) is 10.3. The maximum absolute atomic E-state index is 15.0. The summed E-state index contributed by atoms with van der Waals surface area (Å²) in [5.41, 5.74) is 2.35. The minimum absolute atomic E-state index is 0.0383. The summed E-state index contributed by atoms with van der Waals surface area (Å²) in [6, 6.07) is 8.83. The lowest BCUT2D eigenvalue weighted by Gasteiger charge is -2.32. The van der Waals surface area contributed by atoms with Gasteiger partial charge in [-0.2, -0.15) is 0 Å². The van der Waals surface area contributed by atoms with Crippen molar-refractivity contribution in [3.8, 4) is 11.5 Å². The molecule has 6 nitrogen and oxygen atoms in total. The minimum atomic E-state index is -0.543. The van der Waals surface area contributed by atoms with Gasteiger partial charge in [-0.15, -0.1) is 0 Å². The van der Waals surface area contributed by atoms with E-state index in [1.54, 1.807) is 6.07 Å². The molecule has 0 aromatic heterocycles. The third-order valence-corrected chi connectivity index (χ3v) is 7.61. The first-order valence-corrected chi connectivity index (χ1v) is 13.8. The third-order valence-electron chi connectivity index (χ3n) is 7.61. The molecule has 0 N–H and O–H groups in total. The zero-order chi connectivity index (χ0) is 28.3. The zero-order valence-corrected chi connectivity index (χ0v) is 24.3. The van der Waals surface area contributed by atoms with Crippen LogP contribution in [-0.2, 0) is 25.3 Å². The molecule has 1 fully saturated rings. The van der Waals surface area contributed by atoms with Gasteiger partial charge in [0.25, 0.3) is 0 Å². The molecule has 0 saturated carbocycles. The van der Waals surface area contributed by atoms with Crippen molar-refractivity contribution in [1.29, 1.82) is 0 Å². The van der Waals surface area contributed by atoms with Crippen molar-refractivity contribution >= 4 is 18.6 Å². The van der Waals surface area contributed by atoms with Crippen molar-refractivity contribution < 1.29 is 32.7 Å². The molecule has 2 heterocycles. The van der Waals surface area contributed by atoms with E-state index in [4.69, 9.17) is 23.5 Å². The SMILES string of the molecule is CC.CC.COC(=O)C[C@@H]1COc2cc(O[C@@H]3CCc4c(B5OC(C)(C)C(C)(C)O5)ccc(F)c43)ccc21. The van der Waals surface area contributed by atoms with E-state index < -0.39 is 24.4 Å². The summed E-state index contributed by atoms with van der Waals surface area (Å²) in [5.74, 6) is 0.710. The summed E-state index contributed by atoms with van der Waals surface area (Å²) in [7, 11) is 0.838. The van der Waals surface area contributed by atoms with Crippen LogP contribution in [0.15, 0.2) is 30.3 Å². The molecule has 1 aliphatic carbocycles. The van der Waals surface area contributed by atoms with Crippen LogP contribution in [0.1, 0.15) is 96.9 Å². The Hall–Kier alpha value is -2.58. The van der Waals surface area contributed by atoms with Gasteiger partial charge in [-0.05, 0) is 63.7 Å². The summed E-state index contributed by atoms with van der Waals surface area (Å²) in [6.45, 7) is 16.5. The monoisotopic (exact) mass is 528 g/mol. The fourth-order valence-electron chi connectivity index (χ4n) is 4.96. The fourth-order valence-corrected chi connectivity index (χ4v) is 4.96. The Morgan fingerprint density at radius 2 is 1.71 bits per heavy atom. The van der Waals surface area contributed by atoms with E-state index in [2.05, 4.69) is 0 Å². The minimum Gasteiger partial charge on any atom is -0.492 e. The van der Waals surface area contributed by atoms with Gasteiger partial charge in [0.2, 0.25) is 0 Å². The van der Waals surface area contributed by atoms with Gasteiger partial charge in [0.15, 0.2) is 0 Å². The summed E-state index contributed by atoms with van der Waals surface area (Å²) in [6.07, 6.45) is 1.20. The number of rotatable bonds is 5. The first kappa shape index (κ1) is 30.0. The second kappa shape index (κ2) is 12.1. The molecule has 0 bridgehead atoms. The van der Waals surface area contributed by atoms with Crippen LogP contribution in [0.2, 0.25) is 0 Å². The summed E-state index contributed by atoms with van der Waals surface area (Å²) in [4.78, 5) is 11.7. The highest BCUT2D eigenvalue weighted by atomic mass is 19.1. The van der Waals surface area contributed by atoms with Crippen molar-refractivity contribution in [3.63, 3.8) is 0 Å². The molecule has 5 rings (SSSR count). The van der Waals surface area contributed by atoms with Gasteiger partial charge >= 0.3 is 13.1 Å². The fraction of sp³-hybridized carbons (Fsp3) is 0.567. The Kier molecular flexibility index (Phi) is 9.53. The Labute approximate surface area is 227 Å². The second-order valence-electron chi connectivity index (χ2n) is 10.3. The zero-order valence-electron chi connectivity index (χ0n) is 24.3. The third kappa shape index (κ3) is 5.71. The number of methoxy groups -OCH3 is 1. The average molecular weight is 528 g/mol. The Morgan fingerprint density at radius 1 is 1.05 bits per heavy atom. The number of ether oxygens (including phenoxy) is 3. The number of fused-ring (bicyclic) bond motifs is 2. The van der Waals surface area contributed by atoms with Gasteiger partial charge in [0.05, 0.1) is 31.3 Å². The lowest BCUT2D eigenvalue weighted by atomic mass is 9.75. The molecule has 0 amide bonds. The maximum atomic E-state index is 15.0. The number of carbonyl (C=O) groups is 1. The van der Waals surface area contributed by atoms with Gasteiger partial charge < -0.3 is 23.5 Å². The highest BCUT2D eigenvalue weighted by Crippen LogP contribution is 2.42. The molecule has 0 spiro atoms. The molecule has 3 aliphatic rings. The maximum Gasteiger partial charge on any atom is 0.495 e. The van der Waals surface area contributed by atoms with E-state index in [-0.39, 0.29) is 24.1 Å². The van der Waals surface area contributed by atoms with Crippen LogP contribution in [0, 0.1) is 5.82 Å². The molecular formula is C30H42BFO6. The number of carbonyl (C=O) groups excluding carboxylic acids is 1. The summed E-state index contributed by atoms with van der Waals surface area (Å²) in [5, 5.41) is 0. The van der Waals surface area contributed by atoms with Crippen LogP contribution >= 0.6 is 0 Å². The molecule has 1 saturated heterocycles. The van der Waals surface area contributed by atoms with Crippen molar-refractivity contribution in [2.45, 2.75) is 97.9 Å². The van der Waals surface area contributed by atoms with Gasteiger partial charge in [0.1, 0.15) is 23.4 Å². The molecule has 208 valence electrons. The van der Waals surface area contributed by atoms with Crippen molar-refractivity contribution in [1.82, 2.24) is 0 Å². The van der Waals surface area contributed by atoms with E-state index in [0.717, 1.165) is 16.6 Å². The highest BCUT2D eigenvalue weighted by molar-refractivity contribution is 6.62. The van der Waals surface area contributed by atoms with Crippen LogP contribution in [0.5, 0.6) is 11.5 Å². The first-order valence-electron chi connectivity index (χ1n) is 13.8. The van der Waals surface area contributed by atoms with Gasteiger partial charge in [-0.1, -0.05) is 39.8 Å². The molecule has 2 aliphatic heterocycles. The summed E-state index contributed by atoms with van der Waals surface area (Å²) >= 11 is 0. The largest absolute Gasteiger partial charge is 0.495 e. The number of benzene rings is 2. The van der Waals surface area contributed by atoms with Gasteiger partial charge in [0, 0.05) is 23.1 Å². The first-order chi connectivity index (χ1) is 18.1. The average Bonchev–Trinajstić information content (AvgIpc) is 3.56. The number of hydrogen-bond donors (Lipinski definition) is 0. The number of hydrogen-bond acceptors (Lipinski definition) is 6. The Bertz CT molecular complexity index is 1120. The molecule has 2 aromatic carbocycles. The van der Waals surface area contributed by atoms with Crippen LogP contribution in [0.25, 0.3) is 0 Å². The Morgan fingerprint density at radius 3 is 2.34 bits per heavy atom. The van der Waals surface area contributed by atoms with Crippen molar-refractivity contribution in [3.05, 3.63) is 52.8 Å². The number of halogens is 1. The standard InChI is InChI=1S/C26H30BFO6.2C2H6/c1-25(2)26(3,4)34-27(33-25)19-9-10-20(28)24-18(19)8-11-21(24)32-16-6-7-17-15(12-23(29)30-5)14-31-22(17)13-16;2*1-2/h6-7,9-10,13,15,21H,8,11-12,14H2,1-5H3;2*1-2H3/t15-,21-;;/m1../s1. The Balaban J connectivity index is 0.000000956. The molecule has 2 atom stereocenters. The quantitative estimate of drug-likeness (QED) is 0.336. The van der Waals surface area contributed by atoms with E-state index in [9.17, 15) is 4.79 Å². The topological polar surface area (TPSA) is 63.2 Å². The van der Waals surface area contributed by atoms with Crippen molar-refractivity contribution in [2.24, 2.45) is 0 Å². The van der Waals surface area contributed by atoms with Crippen LogP contribution in [0.3, 0.4) is 0 Å². The summed E-state index contributed by atoms with van der Waals surface area (Å²) < 4.78 is 44.3. The lowest BCUT2D eigenvalue weighted by molar-refractivity contribution is -0.141. The van der Waals surface area contributed by atoms with E-state index in [1.165, 1.54) is 13.2 Å². The molecule has 8 heteroatoms. The van der Waals surface area contributed by atoms with E-state index >= 15 is 4.39 Å². The van der Waals surface area contributed by atoms with Crippen LogP contribution in [-0.4, -0.2) is 38.0 Å². The van der Waals surface area contributed by atoms with Gasteiger partial charge in [-0.25, -0.2) is 4.39 Å². The normalized spacial score (nSPS) is 21.7. The lowest BCUT2D eigenvalue weighted by Crippen LogP contribution is -2.41. The van der Waals surface area contributed by atoms with Crippen LogP contribution in [0.4, 0.5) is 4.39 Å². The van der Waals surface area contributed by atoms with Gasteiger partial charge in [-0.3, -0.25) is 4.79 Å². The highest BCUT2D eigenvalue weighted by Gasteiger charge is 2.52. The van der Waals surface area contributed by atoms with Crippen molar-refractivity contribution in [2.75, 3.05) is 13.7 Å². The predicted molar refractivity (Wildman–Crippen MR) is 148 cm³/mol. The predicted octanol–water partition coefficient (Wildman–Crippen LogP) is 6.28. The van der Waals surface area contributed by atoms with Crippen LogP contribution < -0.4 is 14.9 Å². The number of esters is 1. The molecule has 38 heavy (non-hydrogen) atoms. The molecule has 0 unspecified atom stereocenters. The smallest absolute Gasteiger partial charge is 0.492 e. The van der Waals surface area contributed by atoms with E-state index in [1.807, 2.05) is 73.6 Å². The molecular weight excluding hydrogens is 486 g/mol. The molecule has 2 aromatic rings. The van der Waals surface area contributed by atoms with E-state index in [0.29, 0.717) is 36.5 Å².